The van der Waals surface area contributed by atoms with Crippen LogP contribution in [0.4, 0.5) is 4.39 Å². The highest BCUT2D eigenvalue weighted by atomic mass is 79.9. The van der Waals surface area contributed by atoms with Gasteiger partial charge in [-0.05, 0) is 60.8 Å². The largest absolute Gasteiger partial charge is 0.388 e. The van der Waals surface area contributed by atoms with Crippen molar-refractivity contribution in [3.05, 3.63) is 34.1 Å². The van der Waals surface area contributed by atoms with Crippen molar-refractivity contribution in [2.45, 2.75) is 38.3 Å². The van der Waals surface area contributed by atoms with Crippen molar-refractivity contribution < 1.29 is 14.3 Å². The maximum absolute atomic E-state index is 13.2. The molecule has 1 saturated heterocycles. The van der Waals surface area contributed by atoms with Crippen molar-refractivity contribution in [1.82, 2.24) is 4.90 Å². The van der Waals surface area contributed by atoms with Gasteiger partial charge in [-0.1, -0.05) is 0 Å². The second kappa shape index (κ2) is 5.21. The van der Waals surface area contributed by atoms with E-state index in [-0.39, 0.29) is 16.4 Å². The summed E-state index contributed by atoms with van der Waals surface area (Å²) in [5.74, 6) is -0.553. The molecule has 1 heterocycles. The first-order valence-corrected chi connectivity index (χ1v) is 7.08. The van der Waals surface area contributed by atoms with E-state index in [1.165, 1.54) is 18.2 Å². The lowest BCUT2D eigenvalue weighted by Gasteiger charge is -2.33. The molecule has 1 aromatic rings. The predicted molar refractivity (Wildman–Crippen MR) is 74.5 cm³/mol. The van der Waals surface area contributed by atoms with Crippen LogP contribution in [0.15, 0.2) is 22.7 Å². The lowest BCUT2D eigenvalue weighted by Crippen LogP contribution is -2.48. The number of carbonyl (C=O) groups is 1. The fraction of sp³-hybridized carbons (Fsp3) is 0.500. The summed E-state index contributed by atoms with van der Waals surface area (Å²) in [6, 6.07) is 4.04. The van der Waals surface area contributed by atoms with Gasteiger partial charge in [0.1, 0.15) is 5.82 Å². The Morgan fingerprint density at radius 1 is 1.53 bits per heavy atom. The molecule has 0 saturated carbocycles. The summed E-state index contributed by atoms with van der Waals surface area (Å²) >= 11 is 3.08. The molecule has 3 nitrogen and oxygen atoms in total. The van der Waals surface area contributed by atoms with E-state index in [1.54, 1.807) is 18.7 Å². The zero-order chi connectivity index (χ0) is 14.2. The second-order valence-corrected chi connectivity index (χ2v) is 6.29. The fourth-order valence-electron chi connectivity index (χ4n) is 2.54. The van der Waals surface area contributed by atoms with E-state index in [4.69, 9.17) is 0 Å². The van der Waals surface area contributed by atoms with E-state index < -0.39 is 11.4 Å². The molecular weight excluding hydrogens is 313 g/mol. The Labute approximate surface area is 120 Å². The lowest BCUT2D eigenvalue weighted by molar-refractivity contribution is 0.000330. The van der Waals surface area contributed by atoms with Gasteiger partial charge in [0.15, 0.2) is 0 Å². The van der Waals surface area contributed by atoms with Crippen LogP contribution in [0.2, 0.25) is 0 Å². The molecular formula is C14H17BrFNO2. The minimum atomic E-state index is -0.927. The van der Waals surface area contributed by atoms with E-state index in [0.717, 1.165) is 12.8 Å². The van der Waals surface area contributed by atoms with E-state index >= 15 is 0 Å². The van der Waals surface area contributed by atoms with Gasteiger partial charge in [0, 0.05) is 12.1 Å². The Morgan fingerprint density at radius 2 is 2.21 bits per heavy atom. The molecule has 0 aromatic heterocycles. The number of hydrogen-bond donors (Lipinski definition) is 1. The zero-order valence-corrected chi connectivity index (χ0v) is 12.6. The van der Waals surface area contributed by atoms with Crippen LogP contribution >= 0.6 is 15.9 Å². The molecule has 104 valence electrons. The summed E-state index contributed by atoms with van der Waals surface area (Å²) in [6.07, 6.45) is 1.67. The highest BCUT2D eigenvalue weighted by molar-refractivity contribution is 9.10. The smallest absolute Gasteiger partial charge is 0.254 e. The minimum Gasteiger partial charge on any atom is -0.388 e. The molecule has 1 N–H and O–H groups in total. The van der Waals surface area contributed by atoms with E-state index in [0.29, 0.717) is 12.1 Å². The predicted octanol–water partition coefficient (Wildman–Crippen LogP) is 2.96. The van der Waals surface area contributed by atoms with Crippen molar-refractivity contribution in [2.75, 3.05) is 6.54 Å². The van der Waals surface area contributed by atoms with Crippen LogP contribution in [0.3, 0.4) is 0 Å². The van der Waals surface area contributed by atoms with Crippen molar-refractivity contribution in [3.63, 3.8) is 0 Å². The Bertz CT molecular complexity index is 499. The molecule has 1 atom stereocenters. The number of carbonyl (C=O) groups excluding carboxylic acids is 1. The number of halogens is 2. The van der Waals surface area contributed by atoms with Crippen LogP contribution in [-0.4, -0.2) is 34.1 Å². The Hall–Kier alpha value is -0.940. The Balaban J connectivity index is 2.26. The number of likely N-dealkylation sites (tertiary alicyclic amines) is 1. The summed E-state index contributed by atoms with van der Waals surface area (Å²) < 4.78 is 13.5. The molecule has 0 aliphatic carbocycles. The van der Waals surface area contributed by atoms with E-state index in [9.17, 15) is 14.3 Å². The van der Waals surface area contributed by atoms with Crippen molar-refractivity contribution >= 4 is 21.8 Å². The van der Waals surface area contributed by atoms with Crippen molar-refractivity contribution in [2.24, 2.45) is 0 Å². The maximum Gasteiger partial charge on any atom is 0.254 e. The minimum absolute atomic E-state index is 0.162. The number of benzene rings is 1. The van der Waals surface area contributed by atoms with Gasteiger partial charge in [-0.15, -0.1) is 0 Å². The van der Waals surface area contributed by atoms with Gasteiger partial charge < -0.3 is 10.0 Å². The lowest BCUT2D eigenvalue weighted by atomic mass is 9.96. The number of aliphatic hydroxyl groups is 1. The van der Waals surface area contributed by atoms with Crippen molar-refractivity contribution in [1.29, 1.82) is 0 Å². The van der Waals surface area contributed by atoms with Gasteiger partial charge in [0.2, 0.25) is 0 Å². The Morgan fingerprint density at radius 3 is 2.79 bits per heavy atom. The van der Waals surface area contributed by atoms with Crippen LogP contribution in [0, 0.1) is 5.82 Å². The topological polar surface area (TPSA) is 40.5 Å². The third-order valence-corrected chi connectivity index (χ3v) is 4.10. The third kappa shape index (κ3) is 2.98. The average Bonchev–Trinajstić information content (AvgIpc) is 2.80. The first kappa shape index (κ1) is 14.5. The van der Waals surface area contributed by atoms with Gasteiger partial charge in [0.25, 0.3) is 5.91 Å². The molecule has 19 heavy (non-hydrogen) atoms. The highest BCUT2D eigenvalue weighted by Crippen LogP contribution is 2.29. The summed E-state index contributed by atoms with van der Waals surface area (Å²) in [5.41, 5.74) is -0.493. The standard InChI is InChI=1S/C14H17BrFNO2/c1-14(2,19)12-4-3-7-17(12)13(18)9-5-6-11(16)10(15)8-9/h5-6,8,12,19H,3-4,7H2,1-2H3. The van der Waals surface area contributed by atoms with Crippen LogP contribution in [0.5, 0.6) is 0 Å². The Kier molecular flexibility index (Phi) is 3.97. The van der Waals surface area contributed by atoms with Gasteiger partial charge in [-0.3, -0.25) is 4.79 Å². The second-order valence-electron chi connectivity index (χ2n) is 5.44. The van der Waals surface area contributed by atoms with Gasteiger partial charge in [-0.2, -0.15) is 0 Å². The van der Waals surface area contributed by atoms with E-state index in [1.807, 2.05) is 0 Å². The molecule has 2 rings (SSSR count). The maximum atomic E-state index is 13.2. The van der Waals surface area contributed by atoms with Crippen LogP contribution in [0.1, 0.15) is 37.0 Å². The van der Waals surface area contributed by atoms with E-state index in [2.05, 4.69) is 15.9 Å². The fourth-order valence-corrected chi connectivity index (χ4v) is 2.92. The van der Waals surface area contributed by atoms with Gasteiger partial charge >= 0.3 is 0 Å². The quantitative estimate of drug-likeness (QED) is 0.906. The number of rotatable bonds is 2. The molecule has 1 aliphatic rings. The third-order valence-electron chi connectivity index (χ3n) is 3.50. The first-order valence-electron chi connectivity index (χ1n) is 6.29. The molecule has 1 unspecified atom stereocenters. The summed E-state index contributed by atoms with van der Waals surface area (Å²) in [4.78, 5) is 14.1. The molecule has 1 aromatic carbocycles. The highest BCUT2D eigenvalue weighted by Gasteiger charge is 2.38. The number of hydrogen-bond acceptors (Lipinski definition) is 2. The molecule has 5 heteroatoms. The molecule has 0 bridgehead atoms. The molecule has 0 radical (unpaired) electrons. The zero-order valence-electron chi connectivity index (χ0n) is 11.0. The van der Waals surface area contributed by atoms with Gasteiger partial charge in [-0.25, -0.2) is 4.39 Å². The summed E-state index contributed by atoms with van der Waals surface area (Å²) in [6.45, 7) is 4.05. The summed E-state index contributed by atoms with van der Waals surface area (Å²) in [5, 5.41) is 10.1. The van der Waals surface area contributed by atoms with Crippen LogP contribution in [0.25, 0.3) is 0 Å². The summed E-state index contributed by atoms with van der Waals surface area (Å²) in [7, 11) is 0. The van der Waals surface area contributed by atoms with Crippen molar-refractivity contribution in [3.8, 4) is 0 Å². The van der Waals surface area contributed by atoms with Gasteiger partial charge in [0.05, 0.1) is 16.1 Å². The number of nitrogens with zero attached hydrogens (tertiary/aromatic N) is 1. The molecule has 0 spiro atoms. The molecule has 1 aliphatic heterocycles. The normalized spacial score (nSPS) is 19.8. The van der Waals surface area contributed by atoms with Crippen LogP contribution < -0.4 is 0 Å². The number of amides is 1. The first-order chi connectivity index (χ1) is 8.80. The molecule has 1 fully saturated rings. The molecule has 1 amide bonds. The average molecular weight is 330 g/mol. The monoisotopic (exact) mass is 329 g/mol. The SMILES string of the molecule is CC(C)(O)C1CCCN1C(=O)c1ccc(F)c(Br)c1. The van der Waals surface area contributed by atoms with Crippen LogP contribution in [-0.2, 0) is 0 Å².